The summed E-state index contributed by atoms with van der Waals surface area (Å²) in [6.07, 6.45) is 0.215. The Bertz CT molecular complexity index is 581. The van der Waals surface area contributed by atoms with Gasteiger partial charge in [-0.2, -0.15) is 0 Å². The summed E-state index contributed by atoms with van der Waals surface area (Å²) in [4.78, 5) is 34.3. The molecule has 0 bridgehead atoms. The molecule has 1 rings (SSSR count). The van der Waals surface area contributed by atoms with Gasteiger partial charge in [-0.25, -0.2) is 4.72 Å². The molecule has 0 aromatic heterocycles. The summed E-state index contributed by atoms with van der Waals surface area (Å²) in [5, 5.41) is 11.0. The summed E-state index contributed by atoms with van der Waals surface area (Å²) in [6.45, 7) is 3.84. The first-order valence-corrected chi connectivity index (χ1v) is 8.29. The Morgan fingerprint density at radius 3 is 2.54 bits per heavy atom. The van der Waals surface area contributed by atoms with Gasteiger partial charge < -0.3 is 9.47 Å². The van der Waals surface area contributed by atoms with Crippen LogP contribution in [0, 0.1) is 10.1 Å². The third kappa shape index (κ3) is 6.55. The summed E-state index contributed by atoms with van der Waals surface area (Å²) in [5.74, 6) is -0.933. The monoisotopic (exact) mass is 356 g/mol. The highest BCUT2D eigenvalue weighted by Crippen LogP contribution is 2.27. The first-order chi connectivity index (χ1) is 11.5. The topological polar surface area (TPSA) is 108 Å². The molecule has 9 heteroatoms. The van der Waals surface area contributed by atoms with Crippen LogP contribution in [-0.4, -0.2) is 36.1 Å². The number of hydrogen-bond acceptors (Lipinski definition) is 8. The first-order valence-electron chi connectivity index (χ1n) is 7.47. The van der Waals surface area contributed by atoms with Crippen LogP contribution in [0.3, 0.4) is 0 Å². The van der Waals surface area contributed by atoms with Crippen LogP contribution in [0.15, 0.2) is 29.2 Å². The van der Waals surface area contributed by atoms with Crippen LogP contribution in [0.1, 0.15) is 26.7 Å². The summed E-state index contributed by atoms with van der Waals surface area (Å²) in [7, 11) is 0. The van der Waals surface area contributed by atoms with E-state index in [1.807, 2.05) is 0 Å². The van der Waals surface area contributed by atoms with Crippen molar-refractivity contribution in [3.63, 3.8) is 0 Å². The van der Waals surface area contributed by atoms with Gasteiger partial charge in [0.25, 0.3) is 5.69 Å². The SMILES string of the molecule is CCOC(=O)CC[C@H](NSc1ccccc1[N+](=O)[O-])C(=O)OCC. The molecule has 0 radical (unpaired) electrons. The van der Waals surface area contributed by atoms with Gasteiger partial charge >= 0.3 is 11.9 Å². The lowest BCUT2D eigenvalue weighted by Gasteiger charge is -2.16. The minimum atomic E-state index is -0.779. The zero-order valence-corrected chi connectivity index (χ0v) is 14.3. The van der Waals surface area contributed by atoms with E-state index in [0.29, 0.717) is 4.90 Å². The third-order valence-electron chi connectivity index (χ3n) is 2.89. The average Bonchev–Trinajstić information content (AvgIpc) is 2.55. The van der Waals surface area contributed by atoms with Crippen molar-refractivity contribution in [2.45, 2.75) is 37.6 Å². The molecular weight excluding hydrogens is 336 g/mol. The van der Waals surface area contributed by atoms with Crippen LogP contribution in [0.4, 0.5) is 5.69 Å². The molecule has 0 amide bonds. The first kappa shape index (κ1) is 19.9. The van der Waals surface area contributed by atoms with E-state index >= 15 is 0 Å². The van der Waals surface area contributed by atoms with Gasteiger partial charge in [0.2, 0.25) is 0 Å². The van der Waals surface area contributed by atoms with Gasteiger partial charge in [-0.3, -0.25) is 19.7 Å². The van der Waals surface area contributed by atoms with Crippen molar-refractivity contribution in [3.8, 4) is 0 Å². The largest absolute Gasteiger partial charge is 0.466 e. The molecule has 0 aliphatic rings. The second-order valence-electron chi connectivity index (χ2n) is 4.59. The van der Waals surface area contributed by atoms with Crippen molar-refractivity contribution in [2.24, 2.45) is 0 Å². The van der Waals surface area contributed by atoms with Crippen molar-refractivity contribution in [3.05, 3.63) is 34.4 Å². The molecule has 0 aliphatic heterocycles. The van der Waals surface area contributed by atoms with E-state index < -0.39 is 22.9 Å². The molecule has 0 saturated heterocycles. The third-order valence-corrected chi connectivity index (χ3v) is 3.85. The molecular formula is C15H20N2O6S. The maximum atomic E-state index is 12.0. The van der Waals surface area contributed by atoms with E-state index in [9.17, 15) is 19.7 Å². The quantitative estimate of drug-likeness (QED) is 0.295. The number of nitrogens with zero attached hydrogens (tertiary/aromatic N) is 1. The number of carbonyl (C=O) groups excluding carboxylic acids is 2. The predicted octanol–water partition coefficient (Wildman–Crippen LogP) is 2.47. The van der Waals surface area contributed by atoms with Gasteiger partial charge in [0.15, 0.2) is 0 Å². The fraction of sp³-hybridized carbons (Fsp3) is 0.467. The van der Waals surface area contributed by atoms with Gasteiger partial charge in [-0.15, -0.1) is 0 Å². The number of ether oxygens (including phenoxy) is 2. The average molecular weight is 356 g/mol. The number of para-hydroxylation sites is 1. The minimum absolute atomic E-state index is 0.0434. The molecule has 24 heavy (non-hydrogen) atoms. The van der Waals surface area contributed by atoms with E-state index in [4.69, 9.17) is 9.47 Å². The van der Waals surface area contributed by atoms with E-state index in [1.165, 1.54) is 6.07 Å². The Labute approximate surface area is 144 Å². The molecule has 0 saturated carbocycles. The molecule has 0 heterocycles. The van der Waals surface area contributed by atoms with Crippen molar-refractivity contribution in [1.29, 1.82) is 0 Å². The predicted molar refractivity (Wildman–Crippen MR) is 88.4 cm³/mol. The van der Waals surface area contributed by atoms with Crippen LogP contribution in [0.2, 0.25) is 0 Å². The van der Waals surface area contributed by atoms with E-state index in [-0.39, 0.29) is 31.7 Å². The Morgan fingerprint density at radius 1 is 1.25 bits per heavy atom. The van der Waals surface area contributed by atoms with Crippen LogP contribution in [0.25, 0.3) is 0 Å². The van der Waals surface area contributed by atoms with Gasteiger partial charge in [0, 0.05) is 12.5 Å². The van der Waals surface area contributed by atoms with E-state index in [0.717, 1.165) is 11.9 Å². The van der Waals surface area contributed by atoms with Crippen molar-refractivity contribution < 1.29 is 24.0 Å². The number of esters is 2. The molecule has 1 atom stereocenters. The fourth-order valence-corrected chi connectivity index (χ4v) is 2.67. The molecule has 8 nitrogen and oxygen atoms in total. The standard InChI is InChI=1S/C15H20N2O6S/c1-3-22-14(18)10-9-11(15(19)23-4-2)16-24-13-8-6-5-7-12(13)17(20)21/h5-8,11,16H,3-4,9-10H2,1-2H3/t11-/m0/s1. The molecule has 0 aliphatic carbocycles. The zero-order valence-electron chi connectivity index (χ0n) is 13.5. The molecule has 1 N–H and O–H groups in total. The lowest BCUT2D eigenvalue weighted by atomic mass is 10.2. The smallest absolute Gasteiger partial charge is 0.324 e. The zero-order chi connectivity index (χ0) is 17.9. The van der Waals surface area contributed by atoms with Gasteiger partial charge in [-0.05, 0) is 38.3 Å². The lowest BCUT2D eigenvalue weighted by Crippen LogP contribution is -2.34. The second kappa shape index (κ2) is 10.6. The summed E-state index contributed by atoms with van der Waals surface area (Å²) in [5.41, 5.74) is -0.0667. The highest BCUT2D eigenvalue weighted by molar-refractivity contribution is 7.97. The number of nitro groups is 1. The lowest BCUT2D eigenvalue weighted by molar-refractivity contribution is -0.387. The van der Waals surface area contributed by atoms with Gasteiger partial charge in [0.1, 0.15) is 10.9 Å². The number of hydrogen-bond donors (Lipinski definition) is 1. The van der Waals surface area contributed by atoms with Crippen molar-refractivity contribution >= 4 is 29.6 Å². The normalized spacial score (nSPS) is 11.6. The van der Waals surface area contributed by atoms with Crippen LogP contribution >= 0.6 is 11.9 Å². The Kier molecular flexibility index (Phi) is 8.80. The van der Waals surface area contributed by atoms with Gasteiger partial charge in [-0.1, -0.05) is 12.1 Å². The minimum Gasteiger partial charge on any atom is -0.466 e. The van der Waals surface area contributed by atoms with Crippen molar-refractivity contribution in [1.82, 2.24) is 4.72 Å². The molecule has 0 fully saturated rings. The number of benzene rings is 1. The number of rotatable bonds is 10. The van der Waals surface area contributed by atoms with Gasteiger partial charge in [0.05, 0.1) is 18.1 Å². The maximum Gasteiger partial charge on any atom is 0.324 e. The van der Waals surface area contributed by atoms with E-state index in [1.54, 1.807) is 32.0 Å². The Morgan fingerprint density at radius 2 is 1.92 bits per heavy atom. The maximum absolute atomic E-state index is 12.0. The Hall–Kier alpha value is -2.13. The molecule has 0 spiro atoms. The van der Waals surface area contributed by atoms with E-state index in [2.05, 4.69) is 4.72 Å². The van der Waals surface area contributed by atoms with Crippen LogP contribution in [0.5, 0.6) is 0 Å². The van der Waals surface area contributed by atoms with Crippen LogP contribution in [-0.2, 0) is 19.1 Å². The Balaban J connectivity index is 2.73. The number of nitro benzene ring substituents is 1. The summed E-state index contributed by atoms with van der Waals surface area (Å²) >= 11 is 0.958. The second-order valence-corrected chi connectivity index (χ2v) is 5.47. The fourth-order valence-electron chi connectivity index (χ4n) is 1.79. The molecule has 132 valence electrons. The van der Waals surface area contributed by atoms with Crippen molar-refractivity contribution in [2.75, 3.05) is 13.2 Å². The number of nitrogens with one attached hydrogen (secondary N) is 1. The van der Waals surface area contributed by atoms with Crippen LogP contribution < -0.4 is 4.72 Å². The highest BCUT2D eigenvalue weighted by atomic mass is 32.2. The summed E-state index contributed by atoms with van der Waals surface area (Å²) < 4.78 is 12.6. The molecule has 1 aromatic rings. The highest BCUT2D eigenvalue weighted by Gasteiger charge is 2.23. The molecule has 0 unspecified atom stereocenters. The molecule has 1 aromatic carbocycles. The summed E-state index contributed by atoms with van der Waals surface area (Å²) in [6, 6.07) is 5.39. The number of carbonyl (C=O) groups is 2.